The van der Waals surface area contributed by atoms with E-state index in [9.17, 15) is 23.2 Å². The number of nitrogens with one attached hydrogen (secondary N) is 1. The molecular weight excluding hydrogens is 645 g/mol. The molecule has 0 bridgehead atoms. The molecule has 1 amide bonds. The Balaban J connectivity index is 0.000000676. The van der Waals surface area contributed by atoms with Crippen LogP contribution in [0.15, 0.2) is 53.3 Å². The summed E-state index contributed by atoms with van der Waals surface area (Å²) < 4.78 is 32.3. The highest BCUT2D eigenvalue weighted by molar-refractivity contribution is 9.10. The summed E-state index contributed by atoms with van der Waals surface area (Å²) in [5.41, 5.74) is 6.42. The van der Waals surface area contributed by atoms with Crippen molar-refractivity contribution in [3.63, 3.8) is 0 Å². The molecule has 44 heavy (non-hydrogen) atoms. The summed E-state index contributed by atoms with van der Waals surface area (Å²) in [6.07, 6.45) is -2.00. The average molecular weight is 678 g/mol. The van der Waals surface area contributed by atoms with Crippen LogP contribution in [0.3, 0.4) is 0 Å². The number of benzene rings is 1. The van der Waals surface area contributed by atoms with Crippen LogP contribution < -0.4 is 10.4 Å². The number of pyridine rings is 1. The highest BCUT2D eigenvalue weighted by Gasteiger charge is 2.38. The lowest BCUT2D eigenvalue weighted by Gasteiger charge is -2.32. The minimum atomic E-state index is -5.08. The molecule has 1 fully saturated rings. The first-order valence-corrected chi connectivity index (χ1v) is 14.3. The minimum Gasteiger partial charge on any atom is -0.475 e. The van der Waals surface area contributed by atoms with Crippen molar-refractivity contribution in [2.24, 2.45) is 5.92 Å². The van der Waals surface area contributed by atoms with Gasteiger partial charge >= 0.3 is 12.1 Å². The molecule has 3 aromatic rings. The van der Waals surface area contributed by atoms with Gasteiger partial charge in [-0.05, 0) is 46.6 Å². The standard InChI is InChI=1S/C27H31BrN8O.C2HF3O2/c1-19(2)17-36(26-23(28)16-31-25(14-29)32-26)33-27(37)22-8-9-24(30-15-22)21-6-4-20(5-7-21)18-35-12-10-34(3)11-13-35;3-2(4,5)1(6)7/h4-9,15-16,19H,10-13,17-18H2,1-3H3,(H,33,37);(H,6,7). The Bertz CT molecular complexity index is 1460. The zero-order chi connectivity index (χ0) is 32.4. The lowest BCUT2D eigenvalue weighted by Crippen LogP contribution is -2.45. The number of hydrogen-bond acceptors (Lipinski definition) is 9. The second-order valence-electron chi connectivity index (χ2n) is 10.4. The highest BCUT2D eigenvalue weighted by atomic mass is 79.9. The van der Waals surface area contributed by atoms with Crippen molar-refractivity contribution >= 4 is 33.6 Å². The van der Waals surface area contributed by atoms with Crippen LogP contribution >= 0.6 is 15.9 Å². The fourth-order valence-corrected chi connectivity index (χ4v) is 4.49. The van der Waals surface area contributed by atoms with Gasteiger partial charge in [0.15, 0.2) is 5.82 Å². The first kappa shape index (κ1) is 34.4. The molecule has 0 radical (unpaired) electrons. The molecular formula is C29H32BrF3N8O3. The van der Waals surface area contributed by atoms with Gasteiger partial charge in [0, 0.05) is 57.2 Å². The van der Waals surface area contributed by atoms with E-state index in [0.29, 0.717) is 22.4 Å². The lowest BCUT2D eigenvalue weighted by atomic mass is 10.1. The second kappa shape index (κ2) is 15.6. The highest BCUT2D eigenvalue weighted by Crippen LogP contribution is 2.23. The molecule has 0 spiro atoms. The number of alkyl halides is 3. The van der Waals surface area contributed by atoms with E-state index in [1.54, 1.807) is 17.3 Å². The van der Waals surface area contributed by atoms with Crippen LogP contribution in [0.2, 0.25) is 0 Å². The Morgan fingerprint density at radius 1 is 1.09 bits per heavy atom. The van der Waals surface area contributed by atoms with Gasteiger partial charge in [-0.25, -0.2) is 9.78 Å². The molecule has 0 saturated carbocycles. The summed E-state index contributed by atoms with van der Waals surface area (Å²) in [7, 11) is 2.17. The van der Waals surface area contributed by atoms with Crippen molar-refractivity contribution in [3.8, 4) is 17.3 Å². The normalized spacial score (nSPS) is 13.9. The van der Waals surface area contributed by atoms with E-state index in [2.05, 4.69) is 77.4 Å². The van der Waals surface area contributed by atoms with Crippen LogP contribution in [0.25, 0.3) is 11.3 Å². The van der Waals surface area contributed by atoms with Gasteiger partial charge in [0.1, 0.15) is 6.07 Å². The Morgan fingerprint density at radius 3 is 2.25 bits per heavy atom. The van der Waals surface area contributed by atoms with Gasteiger partial charge in [0.05, 0.1) is 15.7 Å². The maximum atomic E-state index is 13.1. The van der Waals surface area contributed by atoms with Gasteiger partial charge in [0.2, 0.25) is 5.82 Å². The predicted octanol–water partition coefficient (Wildman–Crippen LogP) is 4.36. The van der Waals surface area contributed by atoms with Gasteiger partial charge in [-0.15, -0.1) is 0 Å². The fourth-order valence-electron chi connectivity index (χ4n) is 4.08. The van der Waals surface area contributed by atoms with Crippen LogP contribution in [0.5, 0.6) is 0 Å². The van der Waals surface area contributed by atoms with E-state index in [1.807, 2.05) is 26.0 Å². The summed E-state index contributed by atoms with van der Waals surface area (Å²) in [6, 6.07) is 14.0. The Labute approximate surface area is 261 Å². The third-order valence-corrected chi connectivity index (χ3v) is 6.94. The van der Waals surface area contributed by atoms with E-state index in [-0.39, 0.29) is 17.6 Å². The molecule has 4 rings (SSSR count). The monoisotopic (exact) mass is 676 g/mol. The lowest BCUT2D eigenvalue weighted by molar-refractivity contribution is -0.192. The molecule has 1 aromatic carbocycles. The van der Waals surface area contributed by atoms with Crippen molar-refractivity contribution in [3.05, 3.63) is 70.2 Å². The molecule has 11 nitrogen and oxygen atoms in total. The fraction of sp³-hybridized carbons (Fsp3) is 0.379. The number of aliphatic carboxylic acids is 1. The van der Waals surface area contributed by atoms with E-state index in [0.717, 1.165) is 44.0 Å². The smallest absolute Gasteiger partial charge is 0.475 e. The molecule has 0 atom stereocenters. The molecule has 1 aliphatic rings. The number of amides is 1. The molecule has 2 N–H and O–H groups in total. The third kappa shape index (κ3) is 10.2. The van der Waals surface area contributed by atoms with E-state index < -0.39 is 12.1 Å². The molecule has 234 valence electrons. The zero-order valence-corrected chi connectivity index (χ0v) is 25.9. The van der Waals surface area contributed by atoms with Gasteiger partial charge in [-0.3, -0.25) is 25.1 Å². The van der Waals surface area contributed by atoms with Crippen LogP contribution in [0.1, 0.15) is 35.6 Å². The summed E-state index contributed by atoms with van der Waals surface area (Å²) in [6.45, 7) is 9.91. The van der Waals surface area contributed by atoms with Gasteiger partial charge in [-0.1, -0.05) is 38.1 Å². The predicted molar refractivity (Wildman–Crippen MR) is 160 cm³/mol. The Morgan fingerprint density at radius 2 is 1.73 bits per heavy atom. The molecule has 0 unspecified atom stereocenters. The summed E-state index contributed by atoms with van der Waals surface area (Å²) >= 11 is 3.42. The number of hydrogen-bond donors (Lipinski definition) is 2. The molecule has 1 aliphatic heterocycles. The zero-order valence-electron chi connectivity index (χ0n) is 24.3. The van der Waals surface area contributed by atoms with Crippen molar-refractivity contribution in [1.82, 2.24) is 30.2 Å². The van der Waals surface area contributed by atoms with E-state index in [1.165, 1.54) is 11.8 Å². The molecule has 0 aliphatic carbocycles. The number of halogens is 4. The average Bonchev–Trinajstić information content (AvgIpc) is 2.98. The summed E-state index contributed by atoms with van der Waals surface area (Å²) in [4.78, 5) is 39.5. The molecule has 15 heteroatoms. The third-order valence-electron chi connectivity index (χ3n) is 6.39. The molecule has 3 heterocycles. The second-order valence-corrected chi connectivity index (χ2v) is 11.3. The number of anilines is 1. The number of rotatable bonds is 8. The summed E-state index contributed by atoms with van der Waals surface area (Å²) in [5.74, 6) is -2.39. The largest absolute Gasteiger partial charge is 0.490 e. The minimum absolute atomic E-state index is 0.0294. The van der Waals surface area contributed by atoms with Gasteiger partial charge in [0.25, 0.3) is 5.91 Å². The van der Waals surface area contributed by atoms with Crippen molar-refractivity contribution < 1.29 is 27.9 Å². The molecule has 1 saturated heterocycles. The number of piperazine rings is 1. The molecule has 2 aromatic heterocycles. The topological polar surface area (TPSA) is 139 Å². The van der Waals surface area contributed by atoms with E-state index >= 15 is 0 Å². The first-order chi connectivity index (χ1) is 20.8. The number of carbonyl (C=O) groups is 2. The maximum Gasteiger partial charge on any atom is 0.490 e. The Kier molecular flexibility index (Phi) is 12.1. The van der Waals surface area contributed by atoms with Crippen LogP contribution in [-0.2, 0) is 11.3 Å². The van der Waals surface area contributed by atoms with E-state index in [4.69, 9.17) is 9.90 Å². The van der Waals surface area contributed by atoms with Crippen molar-refractivity contribution in [1.29, 1.82) is 5.26 Å². The van der Waals surface area contributed by atoms with Gasteiger partial charge in [-0.2, -0.15) is 23.4 Å². The number of carboxylic acids is 1. The number of nitrogens with zero attached hydrogens (tertiary/aromatic N) is 7. The van der Waals surface area contributed by atoms with Crippen LogP contribution in [0, 0.1) is 17.2 Å². The quantitative estimate of drug-likeness (QED) is 0.331. The number of carboxylic acid groups (broad SMARTS) is 1. The number of likely N-dealkylation sites (N-methyl/N-ethyl adjacent to an activating group) is 1. The van der Waals surface area contributed by atoms with Crippen molar-refractivity contribution in [2.45, 2.75) is 26.6 Å². The number of aromatic nitrogens is 3. The SMILES string of the molecule is CC(C)CN(NC(=O)c1ccc(-c2ccc(CN3CCN(C)CC3)cc2)nc1)c1nc(C#N)ncc1Br.O=C(O)C(F)(F)F. The Hall–Kier alpha value is -4.13. The number of nitriles is 1. The van der Waals surface area contributed by atoms with Gasteiger partial charge < -0.3 is 10.0 Å². The van der Waals surface area contributed by atoms with Crippen molar-refractivity contribution in [2.75, 3.05) is 44.8 Å². The van der Waals surface area contributed by atoms with Crippen LogP contribution in [0.4, 0.5) is 19.0 Å². The van der Waals surface area contributed by atoms with Crippen LogP contribution in [-0.4, -0.2) is 87.7 Å². The number of hydrazine groups is 1. The first-order valence-electron chi connectivity index (χ1n) is 13.5. The maximum absolute atomic E-state index is 13.1. The summed E-state index contributed by atoms with van der Waals surface area (Å²) in [5, 5.41) is 17.9. The number of carbonyl (C=O) groups excluding carboxylic acids is 1.